The molecule has 0 saturated carbocycles. The zero-order chi connectivity index (χ0) is 10.9. The molecule has 0 bridgehead atoms. The van der Waals surface area contributed by atoms with Crippen LogP contribution in [0.3, 0.4) is 0 Å². The molecule has 2 heterocycles. The smallest absolute Gasteiger partial charge is 0.231 e. The largest absolute Gasteiger partial charge is 0.339 e. The molecule has 0 amide bonds. The van der Waals surface area contributed by atoms with Gasteiger partial charge in [0.15, 0.2) is 5.82 Å². The van der Waals surface area contributed by atoms with Crippen molar-refractivity contribution in [3.8, 4) is 0 Å². The highest BCUT2D eigenvalue weighted by atomic mass is 32.1. The lowest BCUT2D eigenvalue weighted by molar-refractivity contribution is 0.368. The summed E-state index contributed by atoms with van der Waals surface area (Å²) in [5.41, 5.74) is 1.18. The maximum absolute atomic E-state index is 5.21. The highest BCUT2D eigenvalue weighted by Gasteiger charge is 2.20. The third-order valence-corrected chi connectivity index (χ3v) is 2.81. The van der Waals surface area contributed by atoms with Crippen LogP contribution in [0.1, 0.15) is 38.0 Å². The molecule has 80 valence electrons. The number of rotatable bonds is 2. The second kappa shape index (κ2) is 3.77. The minimum Gasteiger partial charge on any atom is -0.339 e. The first-order chi connectivity index (χ1) is 7.05. The Balaban J connectivity index is 2.15. The van der Waals surface area contributed by atoms with Crippen LogP contribution in [0.5, 0.6) is 0 Å². The van der Waals surface area contributed by atoms with Crippen LogP contribution in [0.2, 0.25) is 0 Å². The van der Waals surface area contributed by atoms with Crippen LogP contribution in [0, 0.1) is 0 Å². The van der Waals surface area contributed by atoms with E-state index in [0.29, 0.717) is 5.89 Å². The Morgan fingerprint density at radius 3 is 2.73 bits per heavy atom. The van der Waals surface area contributed by atoms with Crippen molar-refractivity contribution >= 4 is 11.3 Å². The van der Waals surface area contributed by atoms with E-state index in [1.807, 2.05) is 0 Å². The second-order valence-corrected chi connectivity index (χ2v) is 5.35. The van der Waals surface area contributed by atoms with Gasteiger partial charge in [-0.25, -0.2) is 0 Å². The average Bonchev–Trinajstić information content (AvgIpc) is 2.73. The van der Waals surface area contributed by atoms with Gasteiger partial charge in [0.05, 0.1) is 6.42 Å². The van der Waals surface area contributed by atoms with Gasteiger partial charge in [0.1, 0.15) is 0 Å². The van der Waals surface area contributed by atoms with Gasteiger partial charge in [0, 0.05) is 5.41 Å². The standard InChI is InChI=1S/C11H14N2OS/c1-11(2,3)10-12-9(14-13-10)6-8-4-5-15-7-8/h4-5,7H,6H2,1-3H3. The van der Waals surface area contributed by atoms with Crippen molar-refractivity contribution in [2.24, 2.45) is 0 Å². The fourth-order valence-corrected chi connectivity index (χ4v) is 1.87. The van der Waals surface area contributed by atoms with E-state index < -0.39 is 0 Å². The topological polar surface area (TPSA) is 38.9 Å². The van der Waals surface area contributed by atoms with Gasteiger partial charge in [-0.05, 0) is 22.4 Å². The van der Waals surface area contributed by atoms with Gasteiger partial charge in [-0.15, -0.1) is 0 Å². The average molecular weight is 222 g/mol. The molecule has 2 aromatic rings. The molecule has 0 aliphatic heterocycles. The molecule has 3 nitrogen and oxygen atoms in total. The fourth-order valence-electron chi connectivity index (χ4n) is 1.20. The van der Waals surface area contributed by atoms with Crippen LogP contribution >= 0.6 is 11.3 Å². The van der Waals surface area contributed by atoms with Crippen LogP contribution in [0.15, 0.2) is 21.3 Å². The Bertz CT molecular complexity index is 426. The molecule has 0 aliphatic carbocycles. The van der Waals surface area contributed by atoms with Crippen LogP contribution in [0.4, 0.5) is 0 Å². The highest BCUT2D eigenvalue weighted by Crippen LogP contribution is 2.19. The van der Waals surface area contributed by atoms with E-state index in [1.54, 1.807) is 11.3 Å². The molecule has 0 aromatic carbocycles. The summed E-state index contributed by atoms with van der Waals surface area (Å²) in [5, 5.41) is 8.14. The van der Waals surface area contributed by atoms with Gasteiger partial charge in [0.2, 0.25) is 5.89 Å². The van der Waals surface area contributed by atoms with E-state index in [0.717, 1.165) is 12.2 Å². The molecule has 0 unspecified atom stereocenters. The summed E-state index contributed by atoms with van der Waals surface area (Å²) in [6, 6.07) is 2.08. The zero-order valence-electron chi connectivity index (χ0n) is 9.15. The van der Waals surface area contributed by atoms with Gasteiger partial charge in [-0.1, -0.05) is 25.9 Å². The molecular weight excluding hydrogens is 208 g/mol. The van der Waals surface area contributed by atoms with E-state index in [9.17, 15) is 0 Å². The Labute approximate surface area is 93.1 Å². The Hall–Kier alpha value is -1.16. The van der Waals surface area contributed by atoms with E-state index in [-0.39, 0.29) is 5.41 Å². The van der Waals surface area contributed by atoms with Crippen molar-refractivity contribution in [3.05, 3.63) is 34.1 Å². The lowest BCUT2D eigenvalue weighted by Gasteiger charge is -2.10. The molecule has 0 radical (unpaired) electrons. The highest BCUT2D eigenvalue weighted by molar-refractivity contribution is 7.07. The summed E-state index contributed by atoms with van der Waals surface area (Å²) >= 11 is 1.68. The van der Waals surface area contributed by atoms with Gasteiger partial charge in [-0.2, -0.15) is 16.3 Å². The Morgan fingerprint density at radius 1 is 1.40 bits per heavy atom. The van der Waals surface area contributed by atoms with Crippen molar-refractivity contribution in [3.63, 3.8) is 0 Å². The van der Waals surface area contributed by atoms with Gasteiger partial charge < -0.3 is 4.52 Å². The SMILES string of the molecule is CC(C)(C)c1noc(Cc2ccsc2)n1. The number of hydrogen-bond acceptors (Lipinski definition) is 4. The molecule has 0 N–H and O–H groups in total. The fraction of sp³-hybridized carbons (Fsp3) is 0.455. The first-order valence-corrected chi connectivity index (χ1v) is 5.84. The molecule has 0 fully saturated rings. The first kappa shape index (κ1) is 10.4. The van der Waals surface area contributed by atoms with Crippen LogP contribution in [-0.2, 0) is 11.8 Å². The molecule has 2 aromatic heterocycles. The van der Waals surface area contributed by atoms with E-state index in [4.69, 9.17) is 4.52 Å². The first-order valence-electron chi connectivity index (χ1n) is 4.90. The molecule has 0 aliphatic rings. The quantitative estimate of drug-likeness (QED) is 0.784. The van der Waals surface area contributed by atoms with Gasteiger partial charge >= 0.3 is 0 Å². The summed E-state index contributed by atoms with van der Waals surface area (Å²) in [6.45, 7) is 6.23. The molecule has 15 heavy (non-hydrogen) atoms. The maximum Gasteiger partial charge on any atom is 0.231 e. The summed E-state index contributed by atoms with van der Waals surface area (Å²) in [7, 11) is 0. The molecule has 2 rings (SSSR count). The number of aromatic nitrogens is 2. The van der Waals surface area contributed by atoms with Crippen molar-refractivity contribution < 1.29 is 4.52 Å². The van der Waals surface area contributed by atoms with Crippen molar-refractivity contribution in [2.75, 3.05) is 0 Å². The van der Waals surface area contributed by atoms with Crippen LogP contribution in [0.25, 0.3) is 0 Å². The summed E-state index contributed by atoms with van der Waals surface area (Å²) < 4.78 is 5.21. The molecule has 0 saturated heterocycles. The van der Waals surface area contributed by atoms with E-state index in [1.165, 1.54) is 5.56 Å². The van der Waals surface area contributed by atoms with Crippen molar-refractivity contribution in [2.45, 2.75) is 32.6 Å². The van der Waals surface area contributed by atoms with Crippen molar-refractivity contribution in [1.29, 1.82) is 0 Å². The lowest BCUT2D eigenvalue weighted by atomic mass is 9.96. The summed E-state index contributed by atoms with van der Waals surface area (Å²) in [4.78, 5) is 4.38. The lowest BCUT2D eigenvalue weighted by Crippen LogP contribution is -2.13. The van der Waals surface area contributed by atoms with E-state index >= 15 is 0 Å². The Morgan fingerprint density at radius 2 is 2.20 bits per heavy atom. The van der Waals surface area contributed by atoms with Crippen molar-refractivity contribution in [1.82, 2.24) is 10.1 Å². The van der Waals surface area contributed by atoms with E-state index in [2.05, 4.69) is 47.7 Å². The monoisotopic (exact) mass is 222 g/mol. The predicted octanol–water partition coefficient (Wildman–Crippen LogP) is 3.02. The normalized spacial score (nSPS) is 11.9. The minimum absolute atomic E-state index is 0.0452. The van der Waals surface area contributed by atoms with Gasteiger partial charge in [-0.3, -0.25) is 0 Å². The third-order valence-electron chi connectivity index (χ3n) is 2.07. The summed E-state index contributed by atoms with van der Waals surface area (Å²) in [5.74, 6) is 1.46. The molecular formula is C11H14N2OS. The molecule has 0 spiro atoms. The third kappa shape index (κ3) is 2.45. The van der Waals surface area contributed by atoms with Gasteiger partial charge in [0.25, 0.3) is 0 Å². The maximum atomic E-state index is 5.21. The summed E-state index contributed by atoms with van der Waals surface area (Å²) in [6.07, 6.45) is 0.729. The molecule has 4 heteroatoms. The number of thiophene rings is 1. The number of hydrogen-bond donors (Lipinski definition) is 0. The Kier molecular flexibility index (Phi) is 2.61. The molecule has 0 atom stereocenters. The number of nitrogens with zero attached hydrogens (tertiary/aromatic N) is 2. The van der Waals surface area contributed by atoms with Crippen LogP contribution in [-0.4, -0.2) is 10.1 Å². The second-order valence-electron chi connectivity index (χ2n) is 4.57. The predicted molar refractivity (Wildman–Crippen MR) is 60.1 cm³/mol. The van der Waals surface area contributed by atoms with Crippen LogP contribution < -0.4 is 0 Å². The zero-order valence-corrected chi connectivity index (χ0v) is 9.97. The minimum atomic E-state index is -0.0452.